The summed E-state index contributed by atoms with van der Waals surface area (Å²) in [7, 11) is 3.20. The minimum Gasteiger partial charge on any atom is -0.497 e. The van der Waals surface area contributed by atoms with Crippen molar-refractivity contribution < 1.29 is 18.7 Å². The highest BCUT2D eigenvalue weighted by Crippen LogP contribution is 2.34. The Hall–Kier alpha value is -3.85. The van der Waals surface area contributed by atoms with Gasteiger partial charge in [-0.25, -0.2) is 4.98 Å². The number of thiazole rings is 1. The van der Waals surface area contributed by atoms with Gasteiger partial charge in [0, 0.05) is 24.3 Å². The molecule has 8 nitrogen and oxygen atoms in total. The molecule has 0 atom stereocenters. The van der Waals surface area contributed by atoms with E-state index in [0.717, 1.165) is 21.4 Å². The zero-order valence-electron chi connectivity index (χ0n) is 17.5. The number of ether oxygens (including phenoxy) is 2. The van der Waals surface area contributed by atoms with E-state index in [2.05, 4.69) is 5.10 Å². The standard InChI is InChI=1S/C23H20N4O4S/c1-29-16-7-8-17-20(14-16)32-23(25-17)27(12-11-26-10-4-9-24-26)22(28)19-13-15-5-3-6-18(30-2)21(15)31-19/h3-10,13-14H,11-12H2,1-2H3. The molecule has 0 N–H and O–H groups in total. The third-order valence-electron chi connectivity index (χ3n) is 5.11. The van der Waals surface area contributed by atoms with E-state index in [1.165, 1.54) is 11.3 Å². The van der Waals surface area contributed by atoms with Crippen LogP contribution >= 0.6 is 11.3 Å². The van der Waals surface area contributed by atoms with Gasteiger partial charge < -0.3 is 13.9 Å². The molecule has 0 bridgehead atoms. The average molecular weight is 449 g/mol. The summed E-state index contributed by atoms with van der Waals surface area (Å²) in [6.07, 6.45) is 3.57. The Morgan fingerprint density at radius 2 is 2.06 bits per heavy atom. The number of furan rings is 1. The van der Waals surface area contributed by atoms with Gasteiger partial charge in [-0.3, -0.25) is 14.4 Å². The van der Waals surface area contributed by atoms with Crippen molar-refractivity contribution in [1.82, 2.24) is 14.8 Å². The highest BCUT2D eigenvalue weighted by Gasteiger charge is 2.25. The van der Waals surface area contributed by atoms with E-state index in [9.17, 15) is 4.79 Å². The lowest BCUT2D eigenvalue weighted by molar-refractivity contribution is 0.0961. The molecule has 5 aromatic rings. The number of anilines is 1. The highest BCUT2D eigenvalue weighted by atomic mass is 32.1. The molecule has 0 saturated carbocycles. The molecular weight excluding hydrogens is 428 g/mol. The van der Waals surface area contributed by atoms with Crippen LogP contribution in [0, 0.1) is 0 Å². The van der Waals surface area contributed by atoms with Crippen molar-refractivity contribution in [3.8, 4) is 11.5 Å². The number of methoxy groups -OCH3 is 2. The van der Waals surface area contributed by atoms with Gasteiger partial charge in [0.2, 0.25) is 0 Å². The first-order chi connectivity index (χ1) is 15.7. The second-order valence-electron chi connectivity index (χ2n) is 7.05. The van der Waals surface area contributed by atoms with Crippen molar-refractivity contribution in [1.29, 1.82) is 0 Å². The molecular formula is C23H20N4O4S. The Morgan fingerprint density at radius 3 is 2.84 bits per heavy atom. The van der Waals surface area contributed by atoms with Gasteiger partial charge in [-0.05, 0) is 36.4 Å². The molecule has 32 heavy (non-hydrogen) atoms. The molecule has 0 aliphatic rings. The van der Waals surface area contributed by atoms with Crippen LogP contribution in [0.2, 0.25) is 0 Å². The fourth-order valence-corrected chi connectivity index (χ4v) is 4.51. The number of rotatable bonds is 7. The van der Waals surface area contributed by atoms with Crippen LogP contribution in [0.15, 0.2) is 65.3 Å². The summed E-state index contributed by atoms with van der Waals surface area (Å²) in [5.74, 6) is 1.27. The van der Waals surface area contributed by atoms with E-state index in [1.807, 2.05) is 42.6 Å². The van der Waals surface area contributed by atoms with Crippen LogP contribution in [0.4, 0.5) is 5.13 Å². The summed E-state index contributed by atoms with van der Waals surface area (Å²) in [6, 6.07) is 14.8. The number of carbonyl (C=O) groups is 1. The molecule has 0 unspecified atom stereocenters. The van der Waals surface area contributed by atoms with Gasteiger partial charge in [-0.1, -0.05) is 23.5 Å². The maximum atomic E-state index is 13.6. The number of fused-ring (bicyclic) bond motifs is 2. The lowest BCUT2D eigenvalue weighted by Gasteiger charge is -2.18. The average Bonchev–Trinajstić information content (AvgIpc) is 3.57. The van der Waals surface area contributed by atoms with Gasteiger partial charge in [0.1, 0.15) is 5.75 Å². The zero-order valence-corrected chi connectivity index (χ0v) is 18.3. The Labute approximate surface area is 187 Å². The number of amides is 1. The summed E-state index contributed by atoms with van der Waals surface area (Å²) < 4.78 is 19.3. The molecule has 0 spiro atoms. The molecule has 0 aliphatic carbocycles. The van der Waals surface area contributed by atoms with Crippen LogP contribution in [0.25, 0.3) is 21.2 Å². The maximum Gasteiger partial charge on any atom is 0.295 e. The second-order valence-corrected chi connectivity index (χ2v) is 8.05. The molecule has 3 heterocycles. The van der Waals surface area contributed by atoms with Crippen molar-refractivity contribution in [3.63, 3.8) is 0 Å². The van der Waals surface area contributed by atoms with Crippen LogP contribution in [0.1, 0.15) is 10.6 Å². The van der Waals surface area contributed by atoms with Crippen molar-refractivity contribution in [2.24, 2.45) is 0 Å². The maximum absolute atomic E-state index is 13.6. The van der Waals surface area contributed by atoms with E-state index >= 15 is 0 Å². The van der Waals surface area contributed by atoms with Crippen LogP contribution in [0.5, 0.6) is 11.5 Å². The quantitative estimate of drug-likeness (QED) is 0.362. The number of aromatic nitrogens is 3. The Morgan fingerprint density at radius 1 is 1.16 bits per heavy atom. The molecule has 3 aromatic heterocycles. The first kappa shape index (κ1) is 20.1. The Kier molecular flexibility index (Phi) is 5.24. The van der Waals surface area contributed by atoms with Gasteiger partial charge in [-0.15, -0.1) is 0 Å². The van der Waals surface area contributed by atoms with E-state index in [-0.39, 0.29) is 11.7 Å². The van der Waals surface area contributed by atoms with Crippen molar-refractivity contribution >= 4 is 43.6 Å². The lowest BCUT2D eigenvalue weighted by atomic mass is 10.2. The van der Waals surface area contributed by atoms with E-state index in [0.29, 0.717) is 29.6 Å². The SMILES string of the molecule is COc1ccc2nc(N(CCn3cccn3)C(=O)c3cc4cccc(OC)c4o3)sc2c1. The smallest absolute Gasteiger partial charge is 0.295 e. The topological polar surface area (TPSA) is 82.6 Å². The molecule has 0 fully saturated rings. The number of carbonyl (C=O) groups excluding carboxylic acids is 1. The molecule has 0 saturated heterocycles. The molecule has 0 aliphatic heterocycles. The molecule has 9 heteroatoms. The zero-order chi connectivity index (χ0) is 22.1. The third kappa shape index (κ3) is 3.67. The first-order valence-corrected chi connectivity index (χ1v) is 10.8. The van der Waals surface area contributed by atoms with Gasteiger partial charge in [0.05, 0.1) is 31.0 Å². The summed E-state index contributed by atoms with van der Waals surface area (Å²) in [6.45, 7) is 0.896. The van der Waals surface area contributed by atoms with Gasteiger partial charge in [0.15, 0.2) is 22.2 Å². The number of para-hydroxylation sites is 1. The van der Waals surface area contributed by atoms with E-state index in [4.69, 9.17) is 18.9 Å². The molecule has 1 amide bonds. The van der Waals surface area contributed by atoms with Gasteiger partial charge >= 0.3 is 0 Å². The predicted molar refractivity (Wildman–Crippen MR) is 123 cm³/mol. The number of hydrogen-bond donors (Lipinski definition) is 0. The molecule has 5 rings (SSSR count). The number of benzene rings is 2. The van der Waals surface area contributed by atoms with Crippen LogP contribution in [-0.2, 0) is 6.54 Å². The number of nitrogens with zero attached hydrogens (tertiary/aromatic N) is 4. The second kappa shape index (κ2) is 8.35. The normalized spacial score (nSPS) is 11.2. The molecule has 2 aromatic carbocycles. The Bertz CT molecular complexity index is 1390. The lowest BCUT2D eigenvalue weighted by Crippen LogP contribution is -2.33. The largest absolute Gasteiger partial charge is 0.497 e. The molecule has 0 radical (unpaired) electrons. The molecule has 162 valence electrons. The van der Waals surface area contributed by atoms with Gasteiger partial charge in [-0.2, -0.15) is 5.10 Å². The van der Waals surface area contributed by atoms with Crippen molar-refractivity contribution in [2.75, 3.05) is 25.7 Å². The summed E-state index contributed by atoms with van der Waals surface area (Å²) in [5.41, 5.74) is 1.34. The summed E-state index contributed by atoms with van der Waals surface area (Å²) in [4.78, 5) is 19.9. The minimum atomic E-state index is -0.276. The fourth-order valence-electron chi connectivity index (χ4n) is 3.49. The summed E-state index contributed by atoms with van der Waals surface area (Å²) >= 11 is 1.43. The van der Waals surface area contributed by atoms with Crippen LogP contribution < -0.4 is 14.4 Å². The van der Waals surface area contributed by atoms with Crippen LogP contribution in [0.3, 0.4) is 0 Å². The number of hydrogen-bond acceptors (Lipinski definition) is 7. The first-order valence-electron chi connectivity index (χ1n) is 9.96. The minimum absolute atomic E-state index is 0.224. The van der Waals surface area contributed by atoms with Crippen molar-refractivity contribution in [3.05, 3.63) is 66.7 Å². The monoisotopic (exact) mass is 448 g/mol. The fraction of sp³-hybridized carbons (Fsp3) is 0.174. The van der Waals surface area contributed by atoms with E-state index in [1.54, 1.807) is 42.1 Å². The van der Waals surface area contributed by atoms with Gasteiger partial charge in [0.25, 0.3) is 5.91 Å². The highest BCUT2D eigenvalue weighted by molar-refractivity contribution is 7.22. The third-order valence-corrected chi connectivity index (χ3v) is 6.15. The van der Waals surface area contributed by atoms with E-state index < -0.39 is 0 Å². The van der Waals surface area contributed by atoms with Crippen molar-refractivity contribution in [2.45, 2.75) is 6.54 Å². The Balaban J connectivity index is 1.54. The predicted octanol–water partition coefficient (Wildman–Crippen LogP) is 4.60. The van der Waals surface area contributed by atoms with Crippen LogP contribution in [-0.4, -0.2) is 41.4 Å². The summed E-state index contributed by atoms with van der Waals surface area (Å²) in [5, 5.41) is 5.62.